The molecule has 1 aliphatic heterocycles. The molecule has 28 heavy (non-hydrogen) atoms. The minimum atomic E-state index is -1.32. The third kappa shape index (κ3) is 4.28. The van der Waals surface area contributed by atoms with Crippen molar-refractivity contribution in [1.82, 2.24) is 4.98 Å². The molecular formula is C22H23NO4S. The summed E-state index contributed by atoms with van der Waals surface area (Å²) in [7, 11) is 0. The normalized spacial score (nSPS) is 13.6. The number of aromatic nitrogens is 1. The molecular weight excluding hydrogens is 374 g/mol. The summed E-state index contributed by atoms with van der Waals surface area (Å²) in [5.74, 6) is 0.454. The SMILES string of the molecule is Cc1cc(/C=C/C(=O)c2cnc3c(c2)CCS3)cc(C)c1OC(C)(C)C(=O)O. The second-order valence-electron chi connectivity index (χ2n) is 7.39. The molecule has 0 spiro atoms. The molecule has 3 rings (SSSR count). The summed E-state index contributed by atoms with van der Waals surface area (Å²) >= 11 is 1.72. The molecule has 1 N–H and O–H groups in total. The lowest BCUT2D eigenvalue weighted by Crippen LogP contribution is -2.38. The Bertz CT molecular complexity index is 955. The van der Waals surface area contributed by atoms with E-state index in [-0.39, 0.29) is 5.78 Å². The van der Waals surface area contributed by atoms with Gasteiger partial charge in [-0.15, -0.1) is 11.8 Å². The molecule has 1 aromatic heterocycles. The van der Waals surface area contributed by atoms with Crippen molar-refractivity contribution in [2.75, 3.05) is 5.75 Å². The zero-order chi connectivity index (χ0) is 20.5. The zero-order valence-electron chi connectivity index (χ0n) is 16.4. The molecule has 0 atom stereocenters. The number of allylic oxidation sites excluding steroid dienone is 1. The van der Waals surface area contributed by atoms with Crippen molar-refractivity contribution in [3.63, 3.8) is 0 Å². The molecule has 0 fully saturated rings. The lowest BCUT2D eigenvalue weighted by atomic mass is 10.0. The predicted octanol–water partition coefficient (Wildman–Crippen LogP) is 4.48. The predicted molar refractivity (Wildman–Crippen MR) is 110 cm³/mol. The van der Waals surface area contributed by atoms with Crippen LogP contribution in [0.3, 0.4) is 0 Å². The molecule has 2 aromatic rings. The molecule has 6 heteroatoms. The van der Waals surface area contributed by atoms with Gasteiger partial charge in [0.25, 0.3) is 0 Å². The molecule has 0 aliphatic carbocycles. The van der Waals surface area contributed by atoms with Gasteiger partial charge in [0.05, 0.1) is 5.03 Å². The van der Waals surface area contributed by atoms with Crippen LogP contribution >= 0.6 is 11.8 Å². The Kier molecular flexibility index (Phi) is 5.61. The maximum atomic E-state index is 12.5. The van der Waals surface area contributed by atoms with E-state index in [0.717, 1.165) is 39.5 Å². The number of fused-ring (bicyclic) bond motifs is 1. The van der Waals surface area contributed by atoms with Crippen molar-refractivity contribution in [1.29, 1.82) is 0 Å². The van der Waals surface area contributed by atoms with Crippen LogP contribution in [0.25, 0.3) is 6.08 Å². The van der Waals surface area contributed by atoms with Crippen LogP contribution in [0.5, 0.6) is 5.75 Å². The zero-order valence-corrected chi connectivity index (χ0v) is 17.2. The Balaban J connectivity index is 1.79. The van der Waals surface area contributed by atoms with Gasteiger partial charge in [0, 0.05) is 17.5 Å². The summed E-state index contributed by atoms with van der Waals surface area (Å²) in [6.45, 7) is 6.76. The summed E-state index contributed by atoms with van der Waals surface area (Å²) < 4.78 is 5.72. The molecule has 146 valence electrons. The molecule has 0 unspecified atom stereocenters. The van der Waals surface area contributed by atoms with Crippen LogP contribution in [-0.4, -0.2) is 33.2 Å². The number of ketones is 1. The fourth-order valence-corrected chi connectivity index (χ4v) is 4.00. The van der Waals surface area contributed by atoms with Gasteiger partial charge in [-0.2, -0.15) is 0 Å². The Morgan fingerprint density at radius 2 is 1.89 bits per heavy atom. The molecule has 0 amide bonds. The topological polar surface area (TPSA) is 76.5 Å². The number of carbonyl (C=O) groups is 2. The Morgan fingerprint density at radius 3 is 2.54 bits per heavy atom. The van der Waals surface area contributed by atoms with E-state index in [1.807, 2.05) is 32.0 Å². The van der Waals surface area contributed by atoms with Crippen molar-refractivity contribution in [3.05, 3.63) is 58.3 Å². The number of aryl methyl sites for hydroxylation is 3. The van der Waals surface area contributed by atoms with Crippen LogP contribution in [0.2, 0.25) is 0 Å². The first-order valence-electron chi connectivity index (χ1n) is 9.05. The largest absolute Gasteiger partial charge is 0.478 e. The van der Waals surface area contributed by atoms with E-state index in [1.54, 1.807) is 30.1 Å². The van der Waals surface area contributed by atoms with Crippen molar-refractivity contribution in [2.45, 2.75) is 44.7 Å². The molecule has 0 saturated carbocycles. The first kappa shape index (κ1) is 20.1. The van der Waals surface area contributed by atoms with E-state index in [1.165, 1.54) is 13.8 Å². The first-order valence-corrected chi connectivity index (χ1v) is 10.0. The number of rotatable bonds is 6. The van der Waals surface area contributed by atoms with Crippen LogP contribution in [0.1, 0.15) is 46.5 Å². The summed E-state index contributed by atoms with van der Waals surface area (Å²) in [6, 6.07) is 5.68. The molecule has 1 aliphatic rings. The quantitative estimate of drug-likeness (QED) is 0.572. The van der Waals surface area contributed by atoms with E-state index in [0.29, 0.717) is 11.3 Å². The van der Waals surface area contributed by atoms with Crippen LogP contribution in [-0.2, 0) is 11.2 Å². The lowest BCUT2D eigenvalue weighted by Gasteiger charge is -2.24. The highest BCUT2D eigenvalue weighted by Crippen LogP contribution is 2.30. The number of pyridine rings is 1. The standard InChI is InChI=1S/C22H23NO4S/c1-13-9-15(10-14(2)19(13)27-22(3,4)21(25)26)5-6-18(24)17-11-16-7-8-28-20(16)23-12-17/h5-6,9-12H,7-8H2,1-4H3,(H,25,26)/b6-5+. The number of aliphatic carboxylic acids is 1. The average Bonchev–Trinajstić information content (AvgIpc) is 3.10. The maximum absolute atomic E-state index is 12.5. The smallest absolute Gasteiger partial charge is 0.347 e. The number of hydrogen-bond donors (Lipinski definition) is 1. The Labute approximate surface area is 168 Å². The van der Waals surface area contributed by atoms with Gasteiger partial charge in [-0.05, 0) is 80.6 Å². The lowest BCUT2D eigenvalue weighted by molar-refractivity contribution is -0.152. The van der Waals surface area contributed by atoms with Crippen molar-refractivity contribution in [3.8, 4) is 5.75 Å². The number of nitrogens with zero attached hydrogens (tertiary/aromatic N) is 1. The highest BCUT2D eigenvalue weighted by molar-refractivity contribution is 7.99. The molecule has 0 radical (unpaired) electrons. The fourth-order valence-electron chi connectivity index (χ4n) is 3.01. The number of carboxylic acid groups (broad SMARTS) is 1. The van der Waals surface area contributed by atoms with Gasteiger partial charge in [0.15, 0.2) is 11.4 Å². The summed E-state index contributed by atoms with van der Waals surface area (Å²) in [4.78, 5) is 28.2. The Hall–Kier alpha value is -2.60. The van der Waals surface area contributed by atoms with E-state index in [4.69, 9.17) is 4.74 Å². The second kappa shape index (κ2) is 7.80. The molecule has 5 nitrogen and oxygen atoms in total. The summed E-state index contributed by atoms with van der Waals surface area (Å²) in [5, 5.41) is 10.3. The number of carbonyl (C=O) groups excluding carboxylic acids is 1. The van der Waals surface area contributed by atoms with Gasteiger partial charge in [-0.25, -0.2) is 9.78 Å². The number of carboxylic acids is 1. The van der Waals surface area contributed by atoms with E-state index >= 15 is 0 Å². The van der Waals surface area contributed by atoms with Crippen LogP contribution in [0, 0.1) is 13.8 Å². The molecule has 2 heterocycles. The van der Waals surface area contributed by atoms with Gasteiger partial charge in [-0.3, -0.25) is 4.79 Å². The average molecular weight is 397 g/mol. The fraction of sp³-hybridized carbons (Fsp3) is 0.318. The monoisotopic (exact) mass is 397 g/mol. The number of ether oxygens (including phenoxy) is 1. The van der Waals surface area contributed by atoms with E-state index in [2.05, 4.69) is 4.98 Å². The van der Waals surface area contributed by atoms with Crippen molar-refractivity contribution in [2.24, 2.45) is 0 Å². The van der Waals surface area contributed by atoms with Gasteiger partial charge < -0.3 is 9.84 Å². The number of thioether (sulfide) groups is 1. The van der Waals surface area contributed by atoms with Gasteiger partial charge in [0.2, 0.25) is 0 Å². The summed E-state index contributed by atoms with van der Waals surface area (Å²) in [5.41, 5.74) is 2.90. The maximum Gasteiger partial charge on any atom is 0.347 e. The van der Waals surface area contributed by atoms with Gasteiger partial charge >= 0.3 is 5.97 Å². The van der Waals surface area contributed by atoms with Crippen LogP contribution in [0.4, 0.5) is 0 Å². The first-order chi connectivity index (χ1) is 13.2. The van der Waals surface area contributed by atoms with Crippen LogP contribution < -0.4 is 4.74 Å². The third-order valence-corrected chi connectivity index (χ3v) is 5.65. The van der Waals surface area contributed by atoms with Gasteiger partial charge in [0.1, 0.15) is 5.75 Å². The van der Waals surface area contributed by atoms with Crippen molar-refractivity contribution >= 4 is 29.6 Å². The molecule has 1 aromatic carbocycles. The Morgan fingerprint density at radius 1 is 1.21 bits per heavy atom. The highest BCUT2D eigenvalue weighted by atomic mass is 32.2. The second-order valence-corrected chi connectivity index (χ2v) is 8.47. The molecule has 0 saturated heterocycles. The molecule has 0 bridgehead atoms. The summed E-state index contributed by atoms with van der Waals surface area (Å²) in [6.07, 6.45) is 5.88. The highest BCUT2D eigenvalue weighted by Gasteiger charge is 2.30. The van der Waals surface area contributed by atoms with Crippen LogP contribution in [0.15, 0.2) is 35.5 Å². The minimum absolute atomic E-state index is 0.0881. The van der Waals surface area contributed by atoms with Gasteiger partial charge in [-0.1, -0.05) is 6.08 Å². The van der Waals surface area contributed by atoms with Crippen molar-refractivity contribution < 1.29 is 19.4 Å². The number of benzene rings is 1. The minimum Gasteiger partial charge on any atom is -0.478 e. The third-order valence-electron chi connectivity index (χ3n) is 4.60. The van der Waals surface area contributed by atoms with E-state index in [9.17, 15) is 14.7 Å². The number of hydrogen-bond acceptors (Lipinski definition) is 5. The van der Waals surface area contributed by atoms with E-state index < -0.39 is 11.6 Å².